The molecular weight excluding hydrogens is 224 g/mol. The molecule has 0 spiro atoms. The van der Waals surface area contributed by atoms with Gasteiger partial charge in [0, 0.05) is 0 Å². The zero-order chi connectivity index (χ0) is 13.0. The van der Waals surface area contributed by atoms with Crippen LogP contribution in [0.1, 0.15) is 13.8 Å². The van der Waals surface area contributed by atoms with Gasteiger partial charge >= 0.3 is 0 Å². The van der Waals surface area contributed by atoms with E-state index >= 15 is 0 Å². The van der Waals surface area contributed by atoms with E-state index < -0.39 is 18.0 Å². The maximum Gasteiger partial charge on any atom is 0.236 e. The minimum atomic E-state index is -0.593. The van der Waals surface area contributed by atoms with Crippen LogP contribution >= 0.6 is 0 Å². The van der Waals surface area contributed by atoms with Crippen molar-refractivity contribution in [2.45, 2.75) is 20.0 Å². The van der Waals surface area contributed by atoms with Gasteiger partial charge in [0.05, 0.1) is 25.2 Å². The first-order valence-corrected chi connectivity index (χ1v) is 5.50. The van der Waals surface area contributed by atoms with Crippen molar-refractivity contribution < 1.29 is 14.4 Å². The quantitative estimate of drug-likeness (QED) is 0.442. The third kappa shape index (κ3) is 3.70. The van der Waals surface area contributed by atoms with Crippen LogP contribution in [-0.2, 0) is 14.4 Å². The normalized spacial score (nSPS) is 21.1. The SMILES string of the molecule is CC(C)C(C(=O)NCC(N)=O)C1NCC(=O)N1. The molecule has 1 saturated heterocycles. The van der Waals surface area contributed by atoms with Gasteiger partial charge in [0.15, 0.2) is 0 Å². The van der Waals surface area contributed by atoms with E-state index in [9.17, 15) is 14.4 Å². The maximum atomic E-state index is 11.9. The van der Waals surface area contributed by atoms with E-state index in [2.05, 4.69) is 16.0 Å². The lowest BCUT2D eigenvalue weighted by atomic mass is 9.92. The van der Waals surface area contributed by atoms with Crippen molar-refractivity contribution in [3.63, 3.8) is 0 Å². The highest BCUT2D eigenvalue weighted by Crippen LogP contribution is 2.16. The van der Waals surface area contributed by atoms with Crippen molar-refractivity contribution in [3.05, 3.63) is 0 Å². The van der Waals surface area contributed by atoms with Crippen molar-refractivity contribution in [1.29, 1.82) is 0 Å². The number of amides is 3. The molecule has 17 heavy (non-hydrogen) atoms. The predicted octanol–water partition coefficient (Wildman–Crippen LogP) is -2.09. The fourth-order valence-electron chi connectivity index (χ4n) is 1.83. The number of nitrogens with one attached hydrogen (secondary N) is 3. The molecular formula is C10H18N4O3. The molecule has 1 rings (SSSR count). The summed E-state index contributed by atoms with van der Waals surface area (Å²) in [5.41, 5.74) is 4.95. The highest BCUT2D eigenvalue weighted by atomic mass is 16.2. The average molecular weight is 242 g/mol. The highest BCUT2D eigenvalue weighted by molar-refractivity contribution is 5.87. The van der Waals surface area contributed by atoms with Crippen LogP contribution in [0.25, 0.3) is 0 Å². The van der Waals surface area contributed by atoms with Gasteiger partial charge in [0.25, 0.3) is 0 Å². The number of hydrogen-bond donors (Lipinski definition) is 4. The van der Waals surface area contributed by atoms with E-state index in [-0.39, 0.29) is 30.8 Å². The van der Waals surface area contributed by atoms with Crippen molar-refractivity contribution in [3.8, 4) is 0 Å². The molecule has 0 saturated carbocycles. The van der Waals surface area contributed by atoms with Crippen LogP contribution in [0.15, 0.2) is 0 Å². The lowest BCUT2D eigenvalue weighted by Crippen LogP contribution is -2.50. The minimum absolute atomic E-state index is 0.0266. The number of primary amides is 1. The van der Waals surface area contributed by atoms with Gasteiger partial charge in [-0.15, -0.1) is 0 Å². The number of carbonyl (C=O) groups excluding carboxylic acids is 3. The Labute approximate surface area is 99.5 Å². The Morgan fingerprint density at radius 3 is 2.59 bits per heavy atom. The van der Waals surface area contributed by atoms with Crippen molar-refractivity contribution in [2.24, 2.45) is 17.6 Å². The predicted molar refractivity (Wildman–Crippen MR) is 60.5 cm³/mol. The molecule has 0 aromatic heterocycles. The maximum absolute atomic E-state index is 11.9. The van der Waals surface area contributed by atoms with Crippen LogP contribution in [0.5, 0.6) is 0 Å². The summed E-state index contributed by atoms with van der Waals surface area (Å²) in [6.07, 6.45) is -0.393. The summed E-state index contributed by atoms with van der Waals surface area (Å²) in [5, 5.41) is 8.05. The molecule has 1 aliphatic rings. The molecule has 0 bridgehead atoms. The van der Waals surface area contributed by atoms with Crippen molar-refractivity contribution >= 4 is 17.7 Å². The topological polar surface area (TPSA) is 113 Å². The molecule has 96 valence electrons. The Morgan fingerprint density at radius 1 is 1.53 bits per heavy atom. The summed E-state index contributed by atoms with van der Waals surface area (Å²) in [4.78, 5) is 33.6. The lowest BCUT2D eigenvalue weighted by Gasteiger charge is -2.25. The molecule has 3 amide bonds. The van der Waals surface area contributed by atoms with E-state index in [1.807, 2.05) is 13.8 Å². The van der Waals surface area contributed by atoms with Crippen molar-refractivity contribution in [2.75, 3.05) is 13.1 Å². The number of nitrogens with two attached hydrogens (primary N) is 1. The van der Waals surface area contributed by atoms with Gasteiger partial charge in [-0.3, -0.25) is 19.7 Å². The van der Waals surface area contributed by atoms with Crippen LogP contribution in [0.4, 0.5) is 0 Å². The number of hydrogen-bond acceptors (Lipinski definition) is 4. The van der Waals surface area contributed by atoms with E-state index in [4.69, 9.17) is 5.73 Å². The zero-order valence-corrected chi connectivity index (χ0v) is 9.95. The number of carbonyl (C=O) groups is 3. The van der Waals surface area contributed by atoms with E-state index in [0.29, 0.717) is 0 Å². The highest BCUT2D eigenvalue weighted by Gasteiger charge is 2.35. The number of rotatable bonds is 5. The molecule has 0 aliphatic carbocycles. The summed E-state index contributed by atoms with van der Waals surface area (Å²) in [6.45, 7) is 3.76. The van der Waals surface area contributed by atoms with Gasteiger partial charge < -0.3 is 16.4 Å². The Bertz CT molecular complexity index is 330. The standard InChI is InChI=1S/C10H18N4O3/c1-5(2)8(9-12-4-7(16)14-9)10(17)13-3-6(11)15/h5,8-9,12H,3-4H2,1-2H3,(H2,11,15)(H,13,17)(H,14,16). The first kappa shape index (κ1) is 13.4. The lowest BCUT2D eigenvalue weighted by molar-refractivity contribution is -0.130. The third-order valence-corrected chi connectivity index (χ3v) is 2.62. The minimum Gasteiger partial charge on any atom is -0.368 e. The van der Waals surface area contributed by atoms with Crippen molar-refractivity contribution in [1.82, 2.24) is 16.0 Å². The van der Waals surface area contributed by atoms with Gasteiger partial charge in [0.2, 0.25) is 17.7 Å². The van der Waals surface area contributed by atoms with E-state index in [1.54, 1.807) is 0 Å². The van der Waals surface area contributed by atoms with Crippen LogP contribution in [0.3, 0.4) is 0 Å². The summed E-state index contributed by atoms with van der Waals surface area (Å²) >= 11 is 0. The molecule has 7 nitrogen and oxygen atoms in total. The van der Waals surface area contributed by atoms with E-state index in [1.165, 1.54) is 0 Å². The Morgan fingerprint density at radius 2 is 2.18 bits per heavy atom. The second-order valence-corrected chi connectivity index (χ2v) is 4.38. The molecule has 2 unspecified atom stereocenters. The largest absolute Gasteiger partial charge is 0.368 e. The van der Waals surface area contributed by atoms with Gasteiger partial charge in [-0.05, 0) is 5.92 Å². The first-order valence-electron chi connectivity index (χ1n) is 5.50. The monoisotopic (exact) mass is 242 g/mol. The Hall–Kier alpha value is -1.63. The molecule has 0 aromatic rings. The molecule has 0 aromatic carbocycles. The second kappa shape index (κ2) is 5.62. The summed E-state index contributed by atoms with van der Waals surface area (Å²) in [6, 6.07) is 0. The second-order valence-electron chi connectivity index (χ2n) is 4.38. The Balaban J connectivity index is 2.62. The van der Waals surface area contributed by atoms with Crippen LogP contribution < -0.4 is 21.7 Å². The summed E-state index contributed by atoms with van der Waals surface area (Å²) < 4.78 is 0. The van der Waals surface area contributed by atoms with Gasteiger partial charge in [-0.1, -0.05) is 13.8 Å². The summed E-state index contributed by atoms with van der Waals surface area (Å²) in [7, 11) is 0. The first-order chi connectivity index (χ1) is 7.91. The fourth-order valence-corrected chi connectivity index (χ4v) is 1.83. The molecule has 2 atom stereocenters. The zero-order valence-electron chi connectivity index (χ0n) is 9.95. The van der Waals surface area contributed by atoms with Crippen LogP contribution in [-0.4, -0.2) is 37.0 Å². The molecule has 1 fully saturated rings. The smallest absolute Gasteiger partial charge is 0.236 e. The van der Waals surface area contributed by atoms with Gasteiger partial charge in [0.1, 0.15) is 0 Å². The molecule has 0 radical (unpaired) electrons. The summed E-state index contributed by atoms with van der Waals surface area (Å²) in [5.74, 6) is -1.43. The van der Waals surface area contributed by atoms with E-state index in [0.717, 1.165) is 0 Å². The fraction of sp³-hybridized carbons (Fsp3) is 0.700. The van der Waals surface area contributed by atoms with Gasteiger partial charge in [-0.25, -0.2) is 0 Å². The molecule has 1 aliphatic heterocycles. The van der Waals surface area contributed by atoms with Crippen LogP contribution in [0, 0.1) is 11.8 Å². The average Bonchev–Trinajstić information content (AvgIpc) is 2.61. The Kier molecular flexibility index (Phi) is 4.45. The van der Waals surface area contributed by atoms with Gasteiger partial charge in [-0.2, -0.15) is 0 Å². The molecule has 7 heteroatoms. The van der Waals surface area contributed by atoms with Crippen LogP contribution in [0.2, 0.25) is 0 Å². The third-order valence-electron chi connectivity index (χ3n) is 2.62. The molecule has 1 heterocycles. The molecule has 5 N–H and O–H groups in total.